The van der Waals surface area contributed by atoms with Crippen molar-refractivity contribution in [2.75, 3.05) is 11.9 Å². The lowest BCUT2D eigenvalue weighted by atomic mass is 9.99. The number of ether oxygens (including phenoxy) is 2. The van der Waals surface area contributed by atoms with Gasteiger partial charge in [0.25, 0.3) is 11.1 Å². The maximum atomic E-state index is 13.2. The number of aliphatic hydroxyl groups is 1. The van der Waals surface area contributed by atoms with E-state index in [9.17, 15) is 13.6 Å². The van der Waals surface area contributed by atoms with Gasteiger partial charge in [-0.25, -0.2) is 4.98 Å². The number of benzene rings is 2. The zero-order chi connectivity index (χ0) is 26.2. The lowest BCUT2D eigenvalue weighted by molar-refractivity contribution is -0.0494. The van der Waals surface area contributed by atoms with Crippen molar-refractivity contribution >= 4 is 34.0 Å². The van der Waals surface area contributed by atoms with E-state index in [1.165, 1.54) is 30.5 Å². The number of hydrogen-bond acceptors (Lipinski definition) is 8. The van der Waals surface area contributed by atoms with E-state index in [1.807, 2.05) is 12.1 Å². The smallest absolute Gasteiger partial charge is 0.387 e. The van der Waals surface area contributed by atoms with Crippen LogP contribution in [0.5, 0.6) is 10.9 Å². The van der Waals surface area contributed by atoms with Crippen LogP contribution in [0.3, 0.4) is 0 Å². The predicted octanol–water partition coefficient (Wildman–Crippen LogP) is 5.03. The molecule has 2 N–H and O–H groups in total. The molecular weight excluding hydrogens is 526 g/mol. The van der Waals surface area contributed by atoms with Gasteiger partial charge in [-0.1, -0.05) is 53.0 Å². The second kappa shape index (κ2) is 12.2. The number of amides is 1. The normalized spacial score (nSPS) is 10.5. The summed E-state index contributed by atoms with van der Waals surface area (Å²) < 4.78 is 36.2. The molecule has 0 atom stereocenters. The number of carbonyl (C=O) groups is 1. The third-order valence-corrected chi connectivity index (χ3v) is 5.74. The van der Waals surface area contributed by atoms with Gasteiger partial charge in [0.05, 0.1) is 5.56 Å². The van der Waals surface area contributed by atoms with Gasteiger partial charge < -0.3 is 14.6 Å². The van der Waals surface area contributed by atoms with Gasteiger partial charge in [-0.05, 0) is 47.1 Å². The van der Waals surface area contributed by atoms with Gasteiger partial charge >= 0.3 is 6.61 Å². The summed E-state index contributed by atoms with van der Waals surface area (Å²) in [5.41, 5.74) is 1.59. The maximum absolute atomic E-state index is 13.2. The third-order valence-electron chi connectivity index (χ3n) is 4.74. The number of halogens is 3. The average Bonchev–Trinajstić information content (AvgIpc) is 3.34. The van der Waals surface area contributed by atoms with E-state index in [0.717, 1.165) is 16.9 Å². The van der Waals surface area contributed by atoms with E-state index in [4.69, 9.17) is 21.4 Å². The summed E-state index contributed by atoms with van der Waals surface area (Å²) in [6.45, 7) is -3.24. The van der Waals surface area contributed by atoms with Crippen molar-refractivity contribution in [3.05, 3.63) is 82.6 Å². The fourth-order valence-electron chi connectivity index (χ4n) is 3.15. The highest BCUT2D eigenvalue weighted by Gasteiger charge is 2.20. The van der Waals surface area contributed by atoms with Crippen LogP contribution in [0.1, 0.15) is 21.6 Å². The van der Waals surface area contributed by atoms with Crippen molar-refractivity contribution in [1.29, 1.82) is 0 Å². The van der Waals surface area contributed by atoms with Gasteiger partial charge in [0, 0.05) is 22.3 Å². The lowest BCUT2D eigenvalue weighted by Crippen LogP contribution is -2.14. The maximum Gasteiger partial charge on any atom is 0.387 e. The first-order valence-electron chi connectivity index (χ1n) is 10.6. The number of aromatic nitrogens is 3. The topological polar surface area (TPSA) is 106 Å². The first-order chi connectivity index (χ1) is 17.9. The minimum Gasteiger partial charge on any atom is -0.464 e. The molecule has 0 aliphatic carbocycles. The molecule has 188 valence electrons. The monoisotopic (exact) mass is 542 g/mol. The molecule has 8 nitrogen and oxygen atoms in total. The number of hydrogen-bond donors (Lipinski definition) is 2. The molecule has 0 bridgehead atoms. The summed E-state index contributed by atoms with van der Waals surface area (Å²) in [6.07, 6.45) is 1.32. The third kappa shape index (κ3) is 6.98. The van der Waals surface area contributed by atoms with Crippen LogP contribution in [-0.2, 0) is 6.61 Å². The molecule has 4 aromatic rings. The number of para-hydroxylation sites is 1. The van der Waals surface area contributed by atoms with Crippen molar-refractivity contribution < 1.29 is 28.2 Å². The molecule has 2 heterocycles. The highest BCUT2D eigenvalue weighted by atomic mass is 35.5. The quantitative estimate of drug-likeness (QED) is 0.301. The van der Waals surface area contributed by atoms with Crippen LogP contribution in [-0.4, -0.2) is 39.4 Å². The highest BCUT2D eigenvalue weighted by molar-refractivity contribution is 7.17. The second-order valence-corrected chi connectivity index (χ2v) is 8.57. The minimum atomic E-state index is -3.06. The predicted molar refractivity (Wildman–Crippen MR) is 134 cm³/mol. The largest absolute Gasteiger partial charge is 0.464 e. The van der Waals surface area contributed by atoms with Crippen LogP contribution in [0.15, 0.2) is 60.8 Å². The Labute approximate surface area is 218 Å². The van der Waals surface area contributed by atoms with Gasteiger partial charge in [-0.15, -0.1) is 5.10 Å². The standard InChI is InChI=1S/C25H17ClF2N4O4S/c26-16-9-7-15(8-10-16)14-35-25-32-31-24(37-25)30-22(34)19-12-17(4-3-11-33)29-13-20(19)18-5-1-2-6-21(18)36-23(27)28/h1-2,5-10,12-13,23,33H,11,14H2,(H,30,31,34). The summed E-state index contributed by atoms with van der Waals surface area (Å²) in [6, 6.07) is 14.5. The van der Waals surface area contributed by atoms with Crippen molar-refractivity contribution in [1.82, 2.24) is 15.2 Å². The molecule has 0 spiro atoms. The van der Waals surface area contributed by atoms with Crippen LogP contribution in [0, 0.1) is 11.8 Å². The first-order valence-corrected chi connectivity index (χ1v) is 11.8. The van der Waals surface area contributed by atoms with Crippen LogP contribution in [0.25, 0.3) is 11.1 Å². The van der Waals surface area contributed by atoms with Crippen molar-refractivity contribution in [3.63, 3.8) is 0 Å². The molecule has 2 aromatic carbocycles. The molecule has 1 amide bonds. The molecule has 0 aliphatic rings. The minimum absolute atomic E-state index is 0.0707. The molecular formula is C25H17ClF2N4O4S. The van der Waals surface area contributed by atoms with Crippen molar-refractivity contribution in [3.8, 4) is 33.9 Å². The Balaban J connectivity index is 1.58. The van der Waals surface area contributed by atoms with E-state index in [-0.39, 0.29) is 45.1 Å². The number of pyridine rings is 1. The van der Waals surface area contributed by atoms with E-state index in [1.54, 1.807) is 18.2 Å². The number of alkyl halides is 2. The van der Waals surface area contributed by atoms with Gasteiger partial charge in [0.2, 0.25) is 5.13 Å². The average molecular weight is 543 g/mol. The summed E-state index contributed by atoms with van der Waals surface area (Å²) >= 11 is 6.89. The SMILES string of the molecule is O=C(Nc1nnc(OCc2ccc(Cl)cc2)s1)c1cc(C#CCO)ncc1-c1ccccc1OC(F)F. The van der Waals surface area contributed by atoms with E-state index in [2.05, 4.69) is 37.1 Å². The zero-order valence-corrected chi connectivity index (χ0v) is 20.4. The number of nitrogens with one attached hydrogen (secondary N) is 1. The Bertz CT molecular complexity index is 1460. The molecule has 4 rings (SSSR count). The van der Waals surface area contributed by atoms with E-state index >= 15 is 0 Å². The molecule has 0 saturated carbocycles. The van der Waals surface area contributed by atoms with E-state index < -0.39 is 19.1 Å². The molecule has 2 aromatic heterocycles. The zero-order valence-electron chi connectivity index (χ0n) is 18.8. The molecule has 0 aliphatic heterocycles. The highest BCUT2D eigenvalue weighted by Crippen LogP contribution is 2.34. The fraction of sp³-hybridized carbons (Fsp3) is 0.120. The van der Waals surface area contributed by atoms with Crippen LogP contribution < -0.4 is 14.8 Å². The molecule has 0 saturated heterocycles. The molecule has 37 heavy (non-hydrogen) atoms. The number of carbonyl (C=O) groups excluding carboxylic acids is 1. The Kier molecular flexibility index (Phi) is 8.58. The first kappa shape index (κ1) is 26.0. The Morgan fingerprint density at radius 3 is 2.68 bits per heavy atom. The number of rotatable bonds is 8. The van der Waals surface area contributed by atoms with Gasteiger partial charge in [-0.2, -0.15) is 8.78 Å². The van der Waals surface area contributed by atoms with Crippen molar-refractivity contribution in [2.45, 2.75) is 13.2 Å². The van der Waals surface area contributed by atoms with Crippen LogP contribution in [0.2, 0.25) is 5.02 Å². The summed E-state index contributed by atoms with van der Waals surface area (Å²) in [7, 11) is 0. The Morgan fingerprint density at radius 2 is 1.92 bits per heavy atom. The Hall–Kier alpha value is -4.11. The van der Waals surface area contributed by atoms with Crippen LogP contribution >= 0.6 is 22.9 Å². The number of anilines is 1. The molecule has 0 radical (unpaired) electrons. The van der Waals surface area contributed by atoms with E-state index in [0.29, 0.717) is 5.02 Å². The summed E-state index contributed by atoms with van der Waals surface area (Å²) in [5.74, 6) is 4.33. The molecule has 0 unspecified atom stereocenters. The summed E-state index contributed by atoms with van der Waals surface area (Å²) in [5, 5.41) is 20.5. The second-order valence-electron chi connectivity index (χ2n) is 7.19. The van der Waals surface area contributed by atoms with Gasteiger partial charge in [0.1, 0.15) is 24.7 Å². The summed E-state index contributed by atoms with van der Waals surface area (Å²) in [4.78, 5) is 17.4. The van der Waals surface area contributed by atoms with Crippen LogP contribution in [0.4, 0.5) is 13.9 Å². The fourth-order valence-corrected chi connectivity index (χ4v) is 3.87. The Morgan fingerprint density at radius 1 is 1.14 bits per heavy atom. The molecule has 0 fully saturated rings. The molecule has 12 heteroatoms. The number of nitrogens with zero attached hydrogens (tertiary/aromatic N) is 3. The number of aliphatic hydroxyl groups excluding tert-OH is 1. The lowest BCUT2D eigenvalue weighted by Gasteiger charge is -2.14. The van der Waals surface area contributed by atoms with Gasteiger partial charge in [0.15, 0.2) is 0 Å². The van der Waals surface area contributed by atoms with Gasteiger partial charge in [-0.3, -0.25) is 10.1 Å². The van der Waals surface area contributed by atoms with Crippen molar-refractivity contribution in [2.24, 2.45) is 0 Å².